The van der Waals surface area contributed by atoms with Crippen molar-refractivity contribution < 1.29 is 33.6 Å². The van der Waals surface area contributed by atoms with E-state index in [0.717, 1.165) is 0 Å². The van der Waals surface area contributed by atoms with Gasteiger partial charge >= 0.3 is 0 Å². The summed E-state index contributed by atoms with van der Waals surface area (Å²) in [6.45, 7) is -0.320. The van der Waals surface area contributed by atoms with Crippen molar-refractivity contribution in [1.82, 2.24) is 0 Å². The molecule has 1 heterocycles. The maximum atomic E-state index is 14.4. The summed E-state index contributed by atoms with van der Waals surface area (Å²) in [5.41, 5.74) is -1.39. The van der Waals surface area contributed by atoms with Gasteiger partial charge in [-0.15, -0.1) is 0 Å². The fourth-order valence-electron chi connectivity index (χ4n) is 4.42. The lowest BCUT2D eigenvalue weighted by atomic mass is 9.87. The van der Waals surface area contributed by atoms with Gasteiger partial charge in [-0.3, -0.25) is 0 Å². The Balaban J connectivity index is 1.67. The summed E-state index contributed by atoms with van der Waals surface area (Å²) in [5.74, 6) is -2.28. The van der Waals surface area contributed by atoms with Crippen LogP contribution in [-0.4, -0.2) is 46.3 Å². The number of benzene rings is 2. The van der Waals surface area contributed by atoms with Crippen LogP contribution in [0.2, 0.25) is 5.02 Å². The molecule has 29 heavy (non-hydrogen) atoms. The third-order valence-electron chi connectivity index (χ3n) is 5.96. The SMILES string of the molecule is COc1ccc(Cc2cc(C3OC4(CO)CC(O)C3(O)C4)ccc2Cl)c(F)c1F. The first-order valence-corrected chi connectivity index (χ1v) is 9.59. The molecular weight excluding hydrogens is 406 g/mol. The van der Waals surface area contributed by atoms with Gasteiger partial charge in [0.15, 0.2) is 11.6 Å². The molecule has 2 aromatic carbocycles. The molecule has 1 aliphatic carbocycles. The van der Waals surface area contributed by atoms with Gasteiger partial charge in [0.1, 0.15) is 11.7 Å². The second-order valence-corrected chi connectivity index (χ2v) is 8.22. The van der Waals surface area contributed by atoms with E-state index < -0.39 is 35.0 Å². The third-order valence-corrected chi connectivity index (χ3v) is 6.33. The van der Waals surface area contributed by atoms with Crippen molar-refractivity contribution in [2.24, 2.45) is 0 Å². The van der Waals surface area contributed by atoms with E-state index in [1.54, 1.807) is 18.2 Å². The van der Waals surface area contributed by atoms with E-state index >= 15 is 0 Å². The number of aliphatic hydroxyl groups is 3. The first-order valence-electron chi connectivity index (χ1n) is 9.21. The minimum Gasteiger partial charge on any atom is -0.494 e. The van der Waals surface area contributed by atoms with Crippen LogP contribution in [0.3, 0.4) is 0 Å². The van der Waals surface area contributed by atoms with Gasteiger partial charge in [-0.05, 0) is 28.8 Å². The van der Waals surface area contributed by atoms with E-state index in [-0.39, 0.29) is 37.2 Å². The standard InChI is InChI=1S/C21H21ClF2O5/c1-28-15-5-3-11(17(23)18(15)24)6-13-7-12(2-4-14(13)22)19-21(27)9-20(10-25,29-19)8-16(21)26/h2-5,7,16,19,25-27H,6,8-10H2,1H3. The zero-order valence-corrected chi connectivity index (χ0v) is 16.4. The van der Waals surface area contributed by atoms with Gasteiger partial charge in [0.05, 0.1) is 25.4 Å². The van der Waals surface area contributed by atoms with Crippen molar-refractivity contribution in [2.75, 3.05) is 13.7 Å². The Bertz CT molecular complexity index is 955. The highest BCUT2D eigenvalue weighted by Crippen LogP contribution is 2.57. The lowest BCUT2D eigenvalue weighted by molar-refractivity contribution is -0.180. The molecule has 1 saturated carbocycles. The van der Waals surface area contributed by atoms with Crippen LogP contribution in [0, 0.1) is 11.6 Å². The zero-order chi connectivity index (χ0) is 21.0. The molecule has 1 aliphatic heterocycles. The number of halogens is 3. The van der Waals surface area contributed by atoms with Crippen LogP contribution in [0.15, 0.2) is 30.3 Å². The number of aliphatic hydroxyl groups excluding tert-OH is 2. The zero-order valence-electron chi connectivity index (χ0n) is 15.7. The minimum atomic E-state index is -1.54. The van der Waals surface area contributed by atoms with E-state index in [4.69, 9.17) is 21.1 Å². The molecule has 5 nitrogen and oxygen atoms in total. The summed E-state index contributed by atoms with van der Waals surface area (Å²) in [7, 11) is 1.26. The molecule has 4 unspecified atom stereocenters. The summed E-state index contributed by atoms with van der Waals surface area (Å²) < 4.78 is 39.1. The fraction of sp³-hybridized carbons (Fsp3) is 0.429. The maximum Gasteiger partial charge on any atom is 0.200 e. The fourth-order valence-corrected chi connectivity index (χ4v) is 4.61. The minimum absolute atomic E-state index is 0.0122. The van der Waals surface area contributed by atoms with Crippen LogP contribution in [0.4, 0.5) is 8.78 Å². The number of hydrogen-bond donors (Lipinski definition) is 3. The largest absolute Gasteiger partial charge is 0.494 e. The topological polar surface area (TPSA) is 79.2 Å². The quantitative estimate of drug-likeness (QED) is 0.685. The van der Waals surface area contributed by atoms with Gasteiger partial charge in [0, 0.05) is 24.3 Å². The average Bonchev–Trinajstić information content (AvgIpc) is 3.15. The predicted molar refractivity (Wildman–Crippen MR) is 101 cm³/mol. The second-order valence-electron chi connectivity index (χ2n) is 7.81. The van der Waals surface area contributed by atoms with Crippen molar-refractivity contribution in [3.8, 4) is 5.75 Å². The molecule has 2 fully saturated rings. The van der Waals surface area contributed by atoms with Crippen LogP contribution in [0.5, 0.6) is 5.75 Å². The molecule has 2 aliphatic rings. The highest BCUT2D eigenvalue weighted by atomic mass is 35.5. The summed E-state index contributed by atoms with van der Waals surface area (Å²) in [6.07, 6.45) is -1.64. The van der Waals surface area contributed by atoms with E-state index in [9.17, 15) is 24.1 Å². The van der Waals surface area contributed by atoms with Crippen LogP contribution in [0.1, 0.15) is 35.6 Å². The molecule has 156 valence electrons. The number of ether oxygens (including phenoxy) is 2. The Morgan fingerprint density at radius 1 is 1.21 bits per heavy atom. The molecular formula is C21H21ClF2O5. The Morgan fingerprint density at radius 3 is 2.62 bits per heavy atom. The van der Waals surface area contributed by atoms with Gasteiger partial charge in [-0.2, -0.15) is 4.39 Å². The molecule has 2 bridgehead atoms. The predicted octanol–water partition coefficient (Wildman–Crippen LogP) is 2.91. The third kappa shape index (κ3) is 3.21. The molecule has 0 radical (unpaired) electrons. The Morgan fingerprint density at radius 2 is 1.97 bits per heavy atom. The van der Waals surface area contributed by atoms with Crippen LogP contribution >= 0.6 is 11.6 Å². The van der Waals surface area contributed by atoms with Crippen molar-refractivity contribution in [1.29, 1.82) is 0 Å². The van der Waals surface area contributed by atoms with Crippen molar-refractivity contribution in [2.45, 2.75) is 42.7 Å². The lowest BCUT2D eigenvalue weighted by Gasteiger charge is -2.36. The normalized spacial score (nSPS) is 30.7. The Kier molecular flexibility index (Phi) is 5.07. The Hall–Kier alpha value is -1.77. The molecule has 0 spiro atoms. The van der Waals surface area contributed by atoms with Crippen molar-refractivity contribution in [3.63, 3.8) is 0 Å². The molecule has 4 rings (SSSR count). The summed E-state index contributed by atoms with van der Waals surface area (Å²) in [6, 6.07) is 7.64. The van der Waals surface area contributed by atoms with E-state index in [0.29, 0.717) is 16.1 Å². The molecule has 0 amide bonds. The van der Waals surface area contributed by atoms with Gasteiger partial charge < -0.3 is 24.8 Å². The van der Waals surface area contributed by atoms with Crippen LogP contribution < -0.4 is 4.74 Å². The van der Waals surface area contributed by atoms with Crippen molar-refractivity contribution in [3.05, 3.63) is 63.7 Å². The number of methoxy groups -OCH3 is 1. The number of rotatable bonds is 5. The molecule has 3 N–H and O–H groups in total. The summed E-state index contributed by atoms with van der Waals surface area (Å²) in [4.78, 5) is 0. The molecule has 1 saturated heterocycles. The van der Waals surface area contributed by atoms with E-state index in [1.807, 2.05) is 0 Å². The highest BCUT2D eigenvalue weighted by Gasteiger charge is 2.66. The van der Waals surface area contributed by atoms with E-state index in [2.05, 4.69) is 0 Å². The summed E-state index contributed by atoms with van der Waals surface area (Å²) >= 11 is 6.27. The van der Waals surface area contributed by atoms with Crippen LogP contribution in [-0.2, 0) is 11.2 Å². The van der Waals surface area contributed by atoms with Gasteiger partial charge in [-0.25, -0.2) is 4.39 Å². The molecule has 0 aromatic heterocycles. The maximum absolute atomic E-state index is 14.4. The molecule has 8 heteroatoms. The van der Waals surface area contributed by atoms with Gasteiger partial charge in [-0.1, -0.05) is 29.8 Å². The lowest BCUT2D eigenvalue weighted by Crippen LogP contribution is -2.45. The van der Waals surface area contributed by atoms with Gasteiger partial charge in [0.25, 0.3) is 0 Å². The van der Waals surface area contributed by atoms with Crippen molar-refractivity contribution >= 4 is 11.6 Å². The average molecular weight is 427 g/mol. The van der Waals surface area contributed by atoms with Gasteiger partial charge in [0.2, 0.25) is 5.82 Å². The second kappa shape index (κ2) is 7.18. The van der Waals surface area contributed by atoms with Crippen LogP contribution in [0.25, 0.3) is 0 Å². The first-order chi connectivity index (χ1) is 13.7. The van der Waals surface area contributed by atoms with E-state index in [1.165, 1.54) is 19.2 Å². The highest BCUT2D eigenvalue weighted by molar-refractivity contribution is 6.31. The molecule has 4 atom stereocenters. The Labute approximate surface area is 171 Å². The number of fused-ring (bicyclic) bond motifs is 2. The monoisotopic (exact) mass is 426 g/mol. The molecule has 2 aromatic rings. The number of hydrogen-bond acceptors (Lipinski definition) is 5. The summed E-state index contributed by atoms with van der Waals surface area (Å²) in [5, 5.41) is 31.3. The first kappa shape index (κ1) is 20.5. The smallest absolute Gasteiger partial charge is 0.200 e.